The Morgan fingerprint density at radius 2 is 1.79 bits per heavy atom. The number of aliphatic hydroxyl groups excluding tert-OH is 1. The van der Waals surface area contributed by atoms with E-state index in [1.807, 2.05) is 0 Å². The van der Waals surface area contributed by atoms with Crippen molar-refractivity contribution in [3.8, 4) is 0 Å². The minimum atomic E-state index is -4.27. The van der Waals surface area contributed by atoms with Gasteiger partial charge in [0.25, 0.3) is 0 Å². The quantitative estimate of drug-likeness (QED) is 0.688. The molecule has 0 aromatic heterocycles. The lowest BCUT2D eigenvalue weighted by Gasteiger charge is -2.16. The molecule has 0 bridgehead atoms. The van der Waals surface area contributed by atoms with Gasteiger partial charge in [0.05, 0.1) is 6.10 Å². The van der Waals surface area contributed by atoms with Gasteiger partial charge in [-0.2, -0.15) is 13.2 Å². The third-order valence-electron chi connectivity index (χ3n) is 1.85. The first kappa shape index (κ1) is 13.7. The van der Waals surface area contributed by atoms with Crippen LogP contribution in [0, 0.1) is 0 Å². The van der Waals surface area contributed by atoms with E-state index < -0.39 is 18.4 Å². The largest absolute Gasteiger partial charge is 0.414 e. The van der Waals surface area contributed by atoms with Crippen LogP contribution < -0.4 is 0 Å². The molecule has 2 atom stereocenters. The number of alkyl halides is 3. The second kappa shape index (κ2) is 6.24. The predicted octanol–water partition coefficient (Wildman–Crippen LogP) is 2.50. The summed E-state index contributed by atoms with van der Waals surface area (Å²) in [5, 5.41) is 8.87. The number of ether oxygens (including phenoxy) is 1. The van der Waals surface area contributed by atoms with Crippen LogP contribution in [-0.2, 0) is 4.74 Å². The predicted molar refractivity (Wildman–Crippen MR) is 47.0 cm³/mol. The molecule has 0 rings (SSSR count). The lowest BCUT2D eigenvalue weighted by Crippen LogP contribution is -2.28. The van der Waals surface area contributed by atoms with E-state index in [9.17, 15) is 13.2 Å². The van der Waals surface area contributed by atoms with E-state index in [0.29, 0.717) is 19.3 Å². The Kier molecular flexibility index (Phi) is 6.11. The molecule has 14 heavy (non-hydrogen) atoms. The van der Waals surface area contributed by atoms with E-state index in [0.717, 1.165) is 6.92 Å². The summed E-state index contributed by atoms with van der Waals surface area (Å²) in [4.78, 5) is 0. The number of rotatable bonds is 6. The first-order chi connectivity index (χ1) is 6.34. The molecule has 2 nitrogen and oxygen atoms in total. The topological polar surface area (TPSA) is 29.5 Å². The number of hydrogen-bond donors (Lipinski definition) is 1. The van der Waals surface area contributed by atoms with Crippen LogP contribution in [0.2, 0.25) is 0 Å². The highest BCUT2D eigenvalue weighted by atomic mass is 19.4. The van der Waals surface area contributed by atoms with Crippen molar-refractivity contribution in [1.29, 1.82) is 0 Å². The molecule has 0 spiro atoms. The molecule has 0 saturated carbocycles. The molecule has 86 valence electrons. The van der Waals surface area contributed by atoms with Crippen molar-refractivity contribution in [2.24, 2.45) is 0 Å². The molecule has 0 fully saturated rings. The molecule has 5 heteroatoms. The normalized spacial score (nSPS) is 16.7. The molecule has 0 saturated heterocycles. The molecule has 0 heterocycles. The van der Waals surface area contributed by atoms with Crippen molar-refractivity contribution in [3.05, 3.63) is 0 Å². The number of aliphatic hydroxyl groups is 1. The van der Waals surface area contributed by atoms with Gasteiger partial charge in [-0.3, -0.25) is 0 Å². The Hall–Kier alpha value is -0.290. The molecule has 2 unspecified atom stereocenters. The van der Waals surface area contributed by atoms with Crippen LogP contribution in [0.25, 0.3) is 0 Å². The van der Waals surface area contributed by atoms with Gasteiger partial charge in [-0.25, -0.2) is 0 Å². The van der Waals surface area contributed by atoms with Crippen LogP contribution in [-0.4, -0.2) is 30.1 Å². The highest BCUT2D eigenvalue weighted by molar-refractivity contribution is 4.60. The standard InChI is InChI=1S/C9H17F3O2/c1-7(13)5-3-4-6-14-8(2)9(10,11)12/h7-8,13H,3-6H2,1-2H3. The van der Waals surface area contributed by atoms with Crippen molar-refractivity contribution in [1.82, 2.24) is 0 Å². The van der Waals surface area contributed by atoms with E-state index >= 15 is 0 Å². The van der Waals surface area contributed by atoms with Gasteiger partial charge in [0, 0.05) is 6.61 Å². The van der Waals surface area contributed by atoms with Crippen molar-refractivity contribution >= 4 is 0 Å². The molecule has 0 aliphatic rings. The van der Waals surface area contributed by atoms with Gasteiger partial charge < -0.3 is 9.84 Å². The summed E-state index contributed by atoms with van der Waals surface area (Å²) >= 11 is 0. The summed E-state index contributed by atoms with van der Waals surface area (Å²) in [5.41, 5.74) is 0. The van der Waals surface area contributed by atoms with Crippen LogP contribution in [0.5, 0.6) is 0 Å². The number of halogens is 3. The van der Waals surface area contributed by atoms with E-state index in [1.165, 1.54) is 0 Å². The Bertz CT molecular complexity index is 145. The maximum absolute atomic E-state index is 11.9. The summed E-state index contributed by atoms with van der Waals surface area (Å²) in [5.74, 6) is 0. The maximum Gasteiger partial charge on any atom is 0.414 e. The zero-order valence-electron chi connectivity index (χ0n) is 8.47. The van der Waals surface area contributed by atoms with E-state index in [2.05, 4.69) is 4.74 Å². The fourth-order valence-corrected chi connectivity index (χ4v) is 0.896. The highest BCUT2D eigenvalue weighted by Crippen LogP contribution is 2.22. The Morgan fingerprint density at radius 1 is 1.21 bits per heavy atom. The summed E-state index contributed by atoms with van der Waals surface area (Å²) in [7, 11) is 0. The second-order valence-corrected chi connectivity index (χ2v) is 3.40. The average Bonchev–Trinajstić information content (AvgIpc) is 2.01. The summed E-state index contributed by atoms with van der Waals surface area (Å²) in [6.07, 6.45) is -4.54. The van der Waals surface area contributed by atoms with Gasteiger partial charge in [-0.15, -0.1) is 0 Å². The first-order valence-corrected chi connectivity index (χ1v) is 4.70. The molecule has 0 aliphatic carbocycles. The highest BCUT2D eigenvalue weighted by Gasteiger charge is 2.36. The van der Waals surface area contributed by atoms with E-state index in [-0.39, 0.29) is 6.61 Å². The van der Waals surface area contributed by atoms with Gasteiger partial charge >= 0.3 is 6.18 Å². The molecular weight excluding hydrogens is 197 g/mol. The van der Waals surface area contributed by atoms with Crippen molar-refractivity contribution in [2.45, 2.75) is 51.5 Å². The van der Waals surface area contributed by atoms with E-state index in [1.54, 1.807) is 6.92 Å². The maximum atomic E-state index is 11.9. The molecule has 0 radical (unpaired) electrons. The Morgan fingerprint density at radius 3 is 2.21 bits per heavy atom. The second-order valence-electron chi connectivity index (χ2n) is 3.40. The van der Waals surface area contributed by atoms with E-state index in [4.69, 9.17) is 5.11 Å². The van der Waals surface area contributed by atoms with Crippen molar-refractivity contribution in [3.63, 3.8) is 0 Å². The minimum Gasteiger partial charge on any atom is -0.393 e. The molecule has 1 N–H and O–H groups in total. The Labute approximate surface area is 82.1 Å². The number of unbranched alkanes of at least 4 members (excludes halogenated alkanes) is 1. The third-order valence-corrected chi connectivity index (χ3v) is 1.85. The van der Waals surface area contributed by atoms with Gasteiger partial charge in [0.2, 0.25) is 0 Å². The van der Waals surface area contributed by atoms with Crippen molar-refractivity contribution < 1.29 is 23.0 Å². The SMILES string of the molecule is CC(O)CCCCOC(C)C(F)(F)F. The summed E-state index contributed by atoms with van der Waals surface area (Å²) in [6, 6.07) is 0. The molecule has 0 amide bonds. The summed E-state index contributed by atoms with van der Waals surface area (Å²) in [6.45, 7) is 2.74. The van der Waals surface area contributed by atoms with Crippen LogP contribution >= 0.6 is 0 Å². The molecule has 0 aromatic carbocycles. The van der Waals surface area contributed by atoms with Gasteiger partial charge in [0.15, 0.2) is 6.10 Å². The first-order valence-electron chi connectivity index (χ1n) is 4.70. The monoisotopic (exact) mass is 214 g/mol. The van der Waals surface area contributed by atoms with Crippen molar-refractivity contribution in [2.75, 3.05) is 6.61 Å². The molecule has 0 aromatic rings. The van der Waals surface area contributed by atoms with Crippen LogP contribution in [0.1, 0.15) is 33.1 Å². The van der Waals surface area contributed by atoms with Crippen LogP contribution in [0.15, 0.2) is 0 Å². The fraction of sp³-hybridized carbons (Fsp3) is 1.00. The summed E-state index contributed by atoms with van der Waals surface area (Å²) < 4.78 is 40.3. The van der Waals surface area contributed by atoms with Crippen LogP contribution in [0.4, 0.5) is 13.2 Å². The van der Waals surface area contributed by atoms with Gasteiger partial charge in [-0.1, -0.05) is 0 Å². The lowest BCUT2D eigenvalue weighted by atomic mass is 10.2. The smallest absolute Gasteiger partial charge is 0.393 e. The minimum absolute atomic E-state index is 0.0907. The average molecular weight is 214 g/mol. The lowest BCUT2D eigenvalue weighted by molar-refractivity contribution is -0.214. The third kappa shape index (κ3) is 7.15. The Balaban J connectivity index is 3.37. The van der Waals surface area contributed by atoms with Gasteiger partial charge in [-0.05, 0) is 33.1 Å². The zero-order chi connectivity index (χ0) is 11.2. The molecule has 0 aliphatic heterocycles. The fourth-order valence-electron chi connectivity index (χ4n) is 0.896. The zero-order valence-corrected chi connectivity index (χ0v) is 8.47. The molecular formula is C9H17F3O2. The number of hydrogen-bond acceptors (Lipinski definition) is 2. The van der Waals surface area contributed by atoms with Crippen LogP contribution in [0.3, 0.4) is 0 Å². The van der Waals surface area contributed by atoms with Gasteiger partial charge in [0.1, 0.15) is 0 Å².